The van der Waals surface area contributed by atoms with Crippen molar-refractivity contribution in [1.29, 1.82) is 0 Å². The van der Waals surface area contributed by atoms with Gasteiger partial charge in [-0.1, -0.05) is 19.1 Å². The molecule has 1 atom stereocenters. The van der Waals surface area contributed by atoms with Crippen LogP contribution in [0.4, 0.5) is 0 Å². The Balaban J connectivity index is 2.28. The van der Waals surface area contributed by atoms with Crippen LogP contribution in [0.2, 0.25) is 0 Å². The smallest absolute Gasteiger partial charge is 0.0802 e. The molecule has 0 bridgehead atoms. The van der Waals surface area contributed by atoms with E-state index in [9.17, 15) is 0 Å². The van der Waals surface area contributed by atoms with Gasteiger partial charge in [0.05, 0.1) is 20.8 Å². The molecule has 0 aliphatic carbocycles. The quantitative estimate of drug-likeness (QED) is 0.737. The van der Waals surface area contributed by atoms with Crippen molar-refractivity contribution >= 4 is 33.9 Å². The Morgan fingerprint density at radius 3 is 2.89 bits per heavy atom. The third-order valence-corrected chi connectivity index (χ3v) is 4.71. The maximum atomic E-state index is 4.20. The molecular weight excluding hydrogens is 371 g/mol. The van der Waals surface area contributed by atoms with Crippen LogP contribution in [-0.2, 0) is 6.54 Å². The van der Waals surface area contributed by atoms with Crippen molar-refractivity contribution in [3.8, 4) is 0 Å². The molecule has 0 fully saturated rings. The number of thiophene rings is 1. The maximum Gasteiger partial charge on any atom is 0.0802 e. The van der Waals surface area contributed by atoms with Gasteiger partial charge in [-0.3, -0.25) is 0 Å². The van der Waals surface area contributed by atoms with E-state index in [0.29, 0.717) is 0 Å². The number of nitrogens with zero attached hydrogens (tertiary/aromatic N) is 3. The Kier molecular flexibility index (Phi) is 5.77. The molecule has 19 heavy (non-hydrogen) atoms. The first-order valence-corrected chi connectivity index (χ1v) is 8.57. The maximum absolute atomic E-state index is 4.20. The standard InChI is InChI=1S/C13H19IN4S/c1-3-5-15-13(10-7-12(14)19-9-10)11-8-16-17-18(11)6-4-2/h7-9,13,15H,3-6H2,1-2H3. The Bertz CT molecular complexity index is 508. The fraction of sp³-hybridized carbons (Fsp3) is 0.538. The number of aromatic nitrogens is 3. The highest BCUT2D eigenvalue weighted by atomic mass is 127. The van der Waals surface area contributed by atoms with Gasteiger partial charge >= 0.3 is 0 Å². The molecule has 2 aromatic rings. The molecule has 0 saturated heterocycles. The highest BCUT2D eigenvalue weighted by molar-refractivity contribution is 14.1. The lowest BCUT2D eigenvalue weighted by Gasteiger charge is -2.18. The first-order valence-electron chi connectivity index (χ1n) is 6.62. The van der Waals surface area contributed by atoms with Crippen molar-refractivity contribution in [3.05, 3.63) is 31.8 Å². The van der Waals surface area contributed by atoms with Crippen molar-refractivity contribution < 1.29 is 0 Å². The van der Waals surface area contributed by atoms with Crippen LogP contribution in [0.5, 0.6) is 0 Å². The fourth-order valence-electron chi connectivity index (χ4n) is 2.03. The minimum atomic E-state index is 0.196. The molecule has 2 heterocycles. The van der Waals surface area contributed by atoms with E-state index in [-0.39, 0.29) is 6.04 Å². The van der Waals surface area contributed by atoms with Crippen molar-refractivity contribution in [3.63, 3.8) is 0 Å². The van der Waals surface area contributed by atoms with Gasteiger partial charge in [-0.05, 0) is 59.0 Å². The lowest BCUT2D eigenvalue weighted by Crippen LogP contribution is -2.25. The van der Waals surface area contributed by atoms with E-state index in [1.54, 1.807) is 11.3 Å². The van der Waals surface area contributed by atoms with Gasteiger partial charge in [-0.15, -0.1) is 16.4 Å². The molecule has 0 radical (unpaired) electrons. The summed E-state index contributed by atoms with van der Waals surface area (Å²) in [5.74, 6) is 0. The second kappa shape index (κ2) is 7.35. The van der Waals surface area contributed by atoms with Crippen molar-refractivity contribution in [2.24, 2.45) is 0 Å². The molecular formula is C13H19IN4S. The minimum absolute atomic E-state index is 0.196. The van der Waals surface area contributed by atoms with Crippen LogP contribution in [-0.4, -0.2) is 21.5 Å². The fourth-order valence-corrected chi connectivity index (χ4v) is 3.43. The van der Waals surface area contributed by atoms with E-state index in [1.165, 1.54) is 8.45 Å². The summed E-state index contributed by atoms with van der Waals surface area (Å²) in [5, 5.41) is 14.1. The van der Waals surface area contributed by atoms with E-state index in [2.05, 4.69) is 63.5 Å². The van der Waals surface area contributed by atoms with Crippen LogP contribution in [0.15, 0.2) is 17.6 Å². The summed E-state index contributed by atoms with van der Waals surface area (Å²) >= 11 is 4.15. The summed E-state index contributed by atoms with van der Waals surface area (Å²) in [7, 11) is 0. The van der Waals surface area contributed by atoms with E-state index in [1.807, 2.05) is 10.9 Å². The summed E-state index contributed by atoms with van der Waals surface area (Å²) in [6, 6.07) is 2.43. The lowest BCUT2D eigenvalue weighted by molar-refractivity contribution is 0.505. The van der Waals surface area contributed by atoms with Crippen LogP contribution >= 0.6 is 33.9 Å². The molecule has 2 aromatic heterocycles. The van der Waals surface area contributed by atoms with Gasteiger partial charge < -0.3 is 5.32 Å². The largest absolute Gasteiger partial charge is 0.305 e. The van der Waals surface area contributed by atoms with Crippen molar-refractivity contribution in [2.75, 3.05) is 6.54 Å². The molecule has 0 aliphatic heterocycles. The zero-order valence-electron chi connectivity index (χ0n) is 11.3. The summed E-state index contributed by atoms with van der Waals surface area (Å²) in [4.78, 5) is 0. The average molecular weight is 390 g/mol. The van der Waals surface area contributed by atoms with Gasteiger partial charge in [0.2, 0.25) is 0 Å². The summed E-state index contributed by atoms with van der Waals surface area (Å²) in [6.45, 7) is 6.26. The monoisotopic (exact) mass is 390 g/mol. The number of hydrogen-bond acceptors (Lipinski definition) is 4. The molecule has 0 aromatic carbocycles. The third-order valence-electron chi connectivity index (χ3n) is 2.90. The third kappa shape index (κ3) is 3.76. The van der Waals surface area contributed by atoms with Crippen LogP contribution in [0.3, 0.4) is 0 Å². The Hall–Kier alpha value is -0.470. The number of aryl methyl sites for hydroxylation is 1. The van der Waals surface area contributed by atoms with Gasteiger partial charge in [-0.25, -0.2) is 4.68 Å². The van der Waals surface area contributed by atoms with Crippen LogP contribution < -0.4 is 5.32 Å². The van der Waals surface area contributed by atoms with E-state index in [4.69, 9.17) is 0 Å². The van der Waals surface area contributed by atoms with Crippen LogP contribution in [0.1, 0.15) is 44.0 Å². The van der Waals surface area contributed by atoms with Gasteiger partial charge in [0.15, 0.2) is 0 Å². The molecule has 1 N–H and O–H groups in total. The molecule has 4 nitrogen and oxygen atoms in total. The molecule has 0 aliphatic rings. The number of halogens is 1. The molecule has 104 valence electrons. The van der Waals surface area contributed by atoms with Crippen LogP contribution in [0, 0.1) is 2.88 Å². The zero-order chi connectivity index (χ0) is 13.7. The normalized spacial score (nSPS) is 12.8. The molecule has 6 heteroatoms. The second-order valence-electron chi connectivity index (χ2n) is 4.45. The lowest BCUT2D eigenvalue weighted by atomic mass is 10.1. The van der Waals surface area contributed by atoms with E-state index in [0.717, 1.165) is 31.6 Å². The number of nitrogens with one attached hydrogen (secondary N) is 1. The number of hydrogen-bond donors (Lipinski definition) is 1. The highest BCUT2D eigenvalue weighted by Crippen LogP contribution is 2.27. The minimum Gasteiger partial charge on any atom is -0.305 e. The van der Waals surface area contributed by atoms with E-state index >= 15 is 0 Å². The Morgan fingerprint density at radius 1 is 1.42 bits per heavy atom. The number of rotatable bonds is 7. The topological polar surface area (TPSA) is 42.7 Å². The molecule has 2 rings (SSSR count). The molecule has 0 saturated carbocycles. The second-order valence-corrected chi connectivity index (χ2v) is 7.26. The van der Waals surface area contributed by atoms with Crippen molar-refractivity contribution in [1.82, 2.24) is 20.3 Å². The first-order chi connectivity index (χ1) is 9.26. The molecule has 0 amide bonds. The van der Waals surface area contributed by atoms with Crippen molar-refractivity contribution in [2.45, 2.75) is 39.3 Å². The van der Waals surface area contributed by atoms with Crippen LogP contribution in [0.25, 0.3) is 0 Å². The average Bonchev–Trinajstić information content (AvgIpc) is 3.01. The Labute approximate surface area is 131 Å². The highest BCUT2D eigenvalue weighted by Gasteiger charge is 2.19. The van der Waals surface area contributed by atoms with Gasteiger partial charge in [0.25, 0.3) is 0 Å². The predicted molar refractivity (Wildman–Crippen MR) is 87.5 cm³/mol. The van der Waals surface area contributed by atoms with Gasteiger partial charge in [-0.2, -0.15) is 0 Å². The first kappa shape index (κ1) is 14.9. The van der Waals surface area contributed by atoms with Gasteiger partial charge in [0, 0.05) is 6.54 Å². The van der Waals surface area contributed by atoms with Gasteiger partial charge in [0.1, 0.15) is 0 Å². The summed E-state index contributed by atoms with van der Waals surface area (Å²) in [6.07, 6.45) is 4.07. The molecule has 0 spiro atoms. The SMILES string of the molecule is CCCNC(c1csc(I)c1)c1cnnn1CCC. The van der Waals surface area contributed by atoms with E-state index < -0.39 is 0 Å². The Morgan fingerprint density at radius 2 is 2.26 bits per heavy atom. The summed E-state index contributed by atoms with van der Waals surface area (Å²) in [5.41, 5.74) is 2.46. The molecule has 1 unspecified atom stereocenters. The zero-order valence-corrected chi connectivity index (χ0v) is 14.2. The summed E-state index contributed by atoms with van der Waals surface area (Å²) < 4.78 is 3.32. The predicted octanol–water partition coefficient (Wildman–Crippen LogP) is 3.44.